The van der Waals surface area contributed by atoms with Gasteiger partial charge < -0.3 is 15.4 Å². The van der Waals surface area contributed by atoms with Crippen molar-refractivity contribution >= 4 is 27.8 Å². The summed E-state index contributed by atoms with van der Waals surface area (Å²) in [6, 6.07) is 14.1. The molecule has 0 aliphatic heterocycles. The first-order chi connectivity index (χ1) is 15.8. The van der Waals surface area contributed by atoms with Gasteiger partial charge in [-0.3, -0.25) is 14.4 Å². The van der Waals surface area contributed by atoms with Gasteiger partial charge in [-0.15, -0.1) is 0 Å². The fraction of sp³-hybridized carbons (Fsp3) is 0.273. The van der Waals surface area contributed by atoms with Gasteiger partial charge in [0.15, 0.2) is 0 Å². The molecule has 174 valence electrons. The van der Waals surface area contributed by atoms with Crippen LogP contribution in [0.2, 0.25) is 0 Å². The second kappa shape index (κ2) is 12.3. The highest BCUT2D eigenvalue weighted by molar-refractivity contribution is 7.89. The molecule has 2 aromatic carbocycles. The number of nitriles is 1. The third-order valence-electron chi connectivity index (χ3n) is 4.34. The summed E-state index contributed by atoms with van der Waals surface area (Å²) >= 11 is 0. The molecule has 0 spiro atoms. The van der Waals surface area contributed by atoms with Crippen LogP contribution in [0.25, 0.3) is 0 Å². The number of esters is 1. The van der Waals surface area contributed by atoms with Gasteiger partial charge in [0.25, 0.3) is 5.91 Å². The van der Waals surface area contributed by atoms with Crippen LogP contribution >= 0.6 is 0 Å². The number of carbonyl (C=O) groups excluding carboxylic acids is 3. The summed E-state index contributed by atoms with van der Waals surface area (Å²) in [6.07, 6.45) is -0.0942. The zero-order valence-electron chi connectivity index (χ0n) is 17.9. The van der Waals surface area contributed by atoms with Gasteiger partial charge >= 0.3 is 5.97 Å². The molecule has 0 heterocycles. The van der Waals surface area contributed by atoms with E-state index in [4.69, 9.17) is 10.00 Å². The van der Waals surface area contributed by atoms with E-state index in [9.17, 15) is 22.8 Å². The Morgan fingerprint density at radius 3 is 2.30 bits per heavy atom. The highest BCUT2D eigenvalue weighted by Gasteiger charge is 2.27. The molecule has 0 aliphatic rings. The maximum Gasteiger partial charge on any atom is 0.326 e. The number of sulfonamides is 1. The van der Waals surface area contributed by atoms with Gasteiger partial charge in [-0.2, -0.15) is 9.98 Å². The lowest BCUT2D eigenvalue weighted by atomic mass is 10.1. The zero-order chi connectivity index (χ0) is 24.3. The van der Waals surface area contributed by atoms with Gasteiger partial charge in [-0.25, -0.2) is 8.42 Å². The predicted octanol–water partition coefficient (Wildman–Crippen LogP) is 0.705. The van der Waals surface area contributed by atoms with Crippen LogP contribution in [0.1, 0.15) is 29.3 Å². The number of benzene rings is 2. The van der Waals surface area contributed by atoms with Crippen LogP contribution in [0.5, 0.6) is 0 Å². The maximum atomic E-state index is 12.5. The minimum Gasteiger partial charge on any atom is -0.465 e. The Kier molecular flexibility index (Phi) is 9.53. The van der Waals surface area contributed by atoms with Crippen LogP contribution < -0.4 is 15.4 Å². The van der Waals surface area contributed by atoms with E-state index in [1.807, 2.05) is 6.07 Å². The van der Waals surface area contributed by atoms with E-state index in [0.29, 0.717) is 11.1 Å². The van der Waals surface area contributed by atoms with Gasteiger partial charge in [0.05, 0.1) is 23.1 Å². The maximum absolute atomic E-state index is 12.5. The Morgan fingerprint density at radius 1 is 1.03 bits per heavy atom. The summed E-state index contributed by atoms with van der Waals surface area (Å²) in [5.74, 6) is -1.73. The van der Waals surface area contributed by atoms with Crippen molar-refractivity contribution in [1.82, 2.24) is 15.4 Å². The van der Waals surface area contributed by atoms with Crippen LogP contribution in [-0.4, -0.2) is 51.9 Å². The first kappa shape index (κ1) is 25.5. The molecule has 0 aliphatic carbocycles. The topological polar surface area (TPSA) is 154 Å². The molecule has 0 fully saturated rings. The molecule has 2 rings (SSSR count). The molecule has 10 nitrogen and oxygen atoms in total. The number of nitrogens with zero attached hydrogens (tertiary/aromatic N) is 1. The number of nitrogens with one attached hydrogen (secondary N) is 3. The van der Waals surface area contributed by atoms with Crippen molar-refractivity contribution in [2.75, 3.05) is 19.7 Å². The minimum absolute atomic E-state index is 0.0183. The molecule has 0 radical (unpaired) electrons. The Balaban J connectivity index is 1.88. The fourth-order valence-corrected chi connectivity index (χ4v) is 3.87. The van der Waals surface area contributed by atoms with E-state index >= 15 is 0 Å². The lowest BCUT2D eigenvalue weighted by molar-refractivity contribution is -0.145. The molecule has 11 heteroatoms. The normalized spacial score (nSPS) is 11.6. The Hall–Kier alpha value is -3.75. The number of rotatable bonds is 11. The molecule has 2 aromatic rings. The summed E-state index contributed by atoms with van der Waals surface area (Å²) in [5.41, 5.74) is 0.761. The minimum atomic E-state index is -4.01. The lowest BCUT2D eigenvalue weighted by Gasteiger charge is -2.18. The van der Waals surface area contributed by atoms with Crippen molar-refractivity contribution < 1.29 is 27.5 Å². The average molecular weight is 473 g/mol. The van der Waals surface area contributed by atoms with Crippen LogP contribution in [0.15, 0.2) is 59.5 Å². The van der Waals surface area contributed by atoms with Crippen molar-refractivity contribution in [3.63, 3.8) is 0 Å². The zero-order valence-corrected chi connectivity index (χ0v) is 18.7. The van der Waals surface area contributed by atoms with Gasteiger partial charge in [-0.1, -0.05) is 18.2 Å². The smallest absolute Gasteiger partial charge is 0.326 e. The van der Waals surface area contributed by atoms with E-state index in [2.05, 4.69) is 15.4 Å². The number of hydrogen-bond acceptors (Lipinski definition) is 7. The average Bonchev–Trinajstić information content (AvgIpc) is 2.82. The van der Waals surface area contributed by atoms with Crippen LogP contribution in [0.3, 0.4) is 0 Å². The van der Waals surface area contributed by atoms with Crippen molar-refractivity contribution in [2.24, 2.45) is 0 Å². The number of carbonyl (C=O) groups is 3. The summed E-state index contributed by atoms with van der Waals surface area (Å²) in [7, 11) is -4.01. The molecule has 0 saturated heterocycles. The van der Waals surface area contributed by atoms with E-state index in [-0.39, 0.29) is 31.0 Å². The number of amides is 2. The Labute approximate surface area is 192 Å². The van der Waals surface area contributed by atoms with E-state index in [1.165, 1.54) is 36.4 Å². The third-order valence-corrected chi connectivity index (χ3v) is 5.83. The molecular weight excluding hydrogens is 448 g/mol. The first-order valence-electron chi connectivity index (χ1n) is 10.1. The van der Waals surface area contributed by atoms with Crippen LogP contribution in [0, 0.1) is 11.3 Å². The van der Waals surface area contributed by atoms with Crippen molar-refractivity contribution in [2.45, 2.75) is 24.3 Å². The quantitative estimate of drug-likeness (QED) is 0.407. The van der Waals surface area contributed by atoms with E-state index < -0.39 is 33.8 Å². The molecule has 33 heavy (non-hydrogen) atoms. The van der Waals surface area contributed by atoms with Gasteiger partial charge in [0.1, 0.15) is 6.04 Å². The summed E-state index contributed by atoms with van der Waals surface area (Å²) in [6.45, 7) is 1.31. The Morgan fingerprint density at radius 2 is 1.70 bits per heavy atom. The molecule has 0 saturated carbocycles. The third kappa shape index (κ3) is 8.03. The summed E-state index contributed by atoms with van der Waals surface area (Å²) in [4.78, 5) is 36.4. The molecule has 0 aromatic heterocycles. The standard InChI is InChI=1S/C22H24N4O6S/c1-2-32-22(29)19(26-33(30,31)18-6-4-3-5-7-18)15-25-20(27)12-13-24-21(28)17-10-8-16(14-23)9-11-17/h3-11,19,26H,2,12-13,15H2,1H3,(H,24,28)(H,25,27). The van der Waals surface area contributed by atoms with Gasteiger partial charge in [0.2, 0.25) is 15.9 Å². The second-order valence-electron chi connectivity index (χ2n) is 6.74. The van der Waals surface area contributed by atoms with Crippen LogP contribution in [0.4, 0.5) is 0 Å². The predicted molar refractivity (Wildman–Crippen MR) is 118 cm³/mol. The van der Waals surface area contributed by atoms with E-state index in [0.717, 1.165) is 0 Å². The summed E-state index contributed by atoms with van der Waals surface area (Å²) < 4.78 is 32.2. The summed E-state index contributed by atoms with van der Waals surface area (Å²) in [5, 5.41) is 13.8. The fourth-order valence-electron chi connectivity index (χ4n) is 2.66. The monoisotopic (exact) mass is 472 g/mol. The van der Waals surface area contributed by atoms with E-state index in [1.54, 1.807) is 25.1 Å². The molecule has 1 atom stereocenters. The largest absolute Gasteiger partial charge is 0.465 e. The molecule has 3 N–H and O–H groups in total. The molecule has 1 unspecified atom stereocenters. The lowest BCUT2D eigenvalue weighted by Crippen LogP contribution is -2.49. The van der Waals surface area contributed by atoms with Crippen molar-refractivity contribution in [1.29, 1.82) is 5.26 Å². The molecule has 2 amide bonds. The molecular formula is C22H24N4O6S. The Bertz CT molecular complexity index is 1110. The number of ether oxygens (including phenoxy) is 1. The van der Waals surface area contributed by atoms with Gasteiger partial charge in [0, 0.05) is 25.1 Å². The first-order valence-corrected chi connectivity index (χ1v) is 11.5. The highest BCUT2D eigenvalue weighted by atomic mass is 32.2. The van der Waals surface area contributed by atoms with Gasteiger partial charge in [-0.05, 0) is 43.3 Å². The van der Waals surface area contributed by atoms with Crippen LogP contribution in [-0.2, 0) is 24.3 Å². The molecule has 0 bridgehead atoms. The highest BCUT2D eigenvalue weighted by Crippen LogP contribution is 2.08. The second-order valence-corrected chi connectivity index (χ2v) is 8.45. The van der Waals surface area contributed by atoms with Crippen molar-refractivity contribution in [3.8, 4) is 6.07 Å². The SMILES string of the molecule is CCOC(=O)C(CNC(=O)CCNC(=O)c1ccc(C#N)cc1)NS(=O)(=O)c1ccccc1. The van der Waals surface area contributed by atoms with Crippen molar-refractivity contribution in [3.05, 3.63) is 65.7 Å². The number of hydrogen-bond donors (Lipinski definition) is 3.